The Balaban J connectivity index is 4.14. The summed E-state index contributed by atoms with van der Waals surface area (Å²) >= 11 is 0. The van der Waals surface area contributed by atoms with Crippen molar-refractivity contribution in [3.63, 3.8) is 0 Å². The summed E-state index contributed by atoms with van der Waals surface area (Å²) in [5, 5.41) is 13.7. The molecule has 0 saturated heterocycles. The maximum absolute atomic E-state index is 10.2. The summed E-state index contributed by atoms with van der Waals surface area (Å²) < 4.78 is 5.03. The first-order chi connectivity index (χ1) is 8.26. The van der Waals surface area contributed by atoms with E-state index in [1.165, 1.54) is 12.8 Å². The van der Waals surface area contributed by atoms with E-state index >= 15 is 0 Å². The Kier molecular flexibility index (Phi) is 8.83. The Morgan fingerprint density at radius 3 is 2.00 bits per heavy atom. The highest BCUT2D eigenvalue weighted by atomic mass is 16.5. The van der Waals surface area contributed by atoms with Crippen LogP contribution in [0.2, 0.25) is 0 Å². The van der Waals surface area contributed by atoms with E-state index in [1.807, 2.05) is 6.92 Å². The number of hydrogen-bond donors (Lipinski definition) is 2. The average Bonchev–Trinajstić information content (AvgIpc) is 2.22. The minimum absolute atomic E-state index is 0.499. The van der Waals surface area contributed by atoms with Gasteiger partial charge >= 0.3 is 0 Å². The predicted molar refractivity (Wildman–Crippen MR) is 77.8 cm³/mol. The smallest absolute Gasteiger partial charge is 0.0765 e. The predicted octanol–water partition coefficient (Wildman–Crippen LogP) is 2.82. The van der Waals surface area contributed by atoms with E-state index < -0.39 is 5.60 Å². The van der Waals surface area contributed by atoms with E-state index in [-0.39, 0.29) is 0 Å². The third-order valence-corrected chi connectivity index (χ3v) is 3.13. The Labute approximate surface area is 113 Å². The third-order valence-electron chi connectivity index (χ3n) is 3.13. The van der Waals surface area contributed by atoms with Gasteiger partial charge in [-0.2, -0.15) is 0 Å². The molecular weight excluding hydrogens is 226 g/mol. The summed E-state index contributed by atoms with van der Waals surface area (Å²) in [6.45, 7) is 12.1. The molecule has 3 heteroatoms. The van der Waals surface area contributed by atoms with Crippen LogP contribution >= 0.6 is 0 Å². The highest BCUT2D eigenvalue weighted by Crippen LogP contribution is 2.15. The molecule has 110 valence electrons. The molecule has 3 nitrogen and oxygen atoms in total. The van der Waals surface area contributed by atoms with Crippen molar-refractivity contribution in [1.29, 1.82) is 0 Å². The highest BCUT2D eigenvalue weighted by molar-refractivity contribution is 4.79. The first-order valence-corrected chi connectivity index (χ1v) is 7.21. The molecule has 0 saturated carbocycles. The van der Waals surface area contributed by atoms with Crippen LogP contribution in [0.15, 0.2) is 0 Å². The van der Waals surface area contributed by atoms with E-state index in [0.29, 0.717) is 37.5 Å². The molecule has 0 radical (unpaired) electrons. The number of methoxy groups -OCH3 is 1. The molecule has 0 heterocycles. The minimum atomic E-state index is -0.678. The van der Waals surface area contributed by atoms with Gasteiger partial charge in [-0.25, -0.2) is 0 Å². The summed E-state index contributed by atoms with van der Waals surface area (Å²) in [6, 6.07) is 0.499. The maximum Gasteiger partial charge on any atom is 0.0765 e. The van der Waals surface area contributed by atoms with Gasteiger partial charge in [0.15, 0.2) is 0 Å². The lowest BCUT2D eigenvalue weighted by Gasteiger charge is -2.29. The molecule has 0 aliphatic rings. The molecule has 0 fully saturated rings. The average molecular weight is 259 g/mol. The summed E-state index contributed by atoms with van der Waals surface area (Å²) in [5.74, 6) is 1.37. The molecule has 0 aliphatic heterocycles. The standard InChI is InChI=1S/C15H33NO2/c1-12(2)9-14(10-13(3)4)16-11-15(5,17)7-8-18-6/h12-14,16-17H,7-11H2,1-6H3. The second kappa shape index (κ2) is 8.89. The van der Waals surface area contributed by atoms with E-state index in [4.69, 9.17) is 4.74 Å². The van der Waals surface area contributed by atoms with E-state index in [0.717, 1.165) is 0 Å². The molecule has 1 atom stereocenters. The van der Waals surface area contributed by atoms with Gasteiger partial charge in [0.25, 0.3) is 0 Å². The maximum atomic E-state index is 10.2. The zero-order chi connectivity index (χ0) is 14.2. The lowest BCUT2D eigenvalue weighted by molar-refractivity contribution is 0.0216. The largest absolute Gasteiger partial charge is 0.389 e. The van der Waals surface area contributed by atoms with Crippen molar-refractivity contribution in [2.45, 2.75) is 65.5 Å². The van der Waals surface area contributed by atoms with Crippen LogP contribution in [0, 0.1) is 11.8 Å². The van der Waals surface area contributed by atoms with E-state index in [9.17, 15) is 5.11 Å². The van der Waals surface area contributed by atoms with Gasteiger partial charge in [-0.1, -0.05) is 27.7 Å². The first-order valence-electron chi connectivity index (χ1n) is 7.21. The Morgan fingerprint density at radius 2 is 1.61 bits per heavy atom. The monoisotopic (exact) mass is 259 g/mol. The quantitative estimate of drug-likeness (QED) is 0.634. The lowest BCUT2D eigenvalue weighted by atomic mass is 9.94. The number of aliphatic hydroxyl groups is 1. The zero-order valence-corrected chi connectivity index (χ0v) is 13.1. The fraction of sp³-hybridized carbons (Fsp3) is 1.00. The van der Waals surface area contributed by atoms with Crippen LogP contribution in [0.4, 0.5) is 0 Å². The van der Waals surface area contributed by atoms with Crippen LogP contribution in [0.5, 0.6) is 0 Å². The van der Waals surface area contributed by atoms with Crippen molar-refractivity contribution in [3.8, 4) is 0 Å². The van der Waals surface area contributed by atoms with Crippen LogP contribution in [0.25, 0.3) is 0 Å². The SMILES string of the molecule is COCCC(C)(O)CNC(CC(C)C)CC(C)C. The normalized spacial score (nSPS) is 15.7. The van der Waals surface area contributed by atoms with Crippen LogP contribution in [-0.4, -0.2) is 37.0 Å². The Morgan fingerprint density at radius 1 is 1.11 bits per heavy atom. The van der Waals surface area contributed by atoms with Gasteiger partial charge in [-0.3, -0.25) is 0 Å². The summed E-state index contributed by atoms with van der Waals surface area (Å²) in [4.78, 5) is 0. The van der Waals surface area contributed by atoms with Crippen LogP contribution in [-0.2, 0) is 4.74 Å². The van der Waals surface area contributed by atoms with Gasteiger partial charge in [0.1, 0.15) is 0 Å². The molecule has 1 unspecified atom stereocenters. The lowest BCUT2D eigenvalue weighted by Crippen LogP contribution is -2.44. The van der Waals surface area contributed by atoms with Gasteiger partial charge in [-0.05, 0) is 31.6 Å². The Bertz CT molecular complexity index is 193. The molecule has 0 amide bonds. The van der Waals surface area contributed by atoms with Gasteiger partial charge in [0.05, 0.1) is 5.60 Å². The van der Waals surface area contributed by atoms with E-state index in [2.05, 4.69) is 33.0 Å². The Hall–Kier alpha value is -0.120. The molecule has 2 N–H and O–H groups in total. The van der Waals surface area contributed by atoms with Gasteiger partial charge < -0.3 is 15.2 Å². The van der Waals surface area contributed by atoms with Crippen LogP contribution in [0.1, 0.15) is 53.9 Å². The molecule has 0 aromatic heterocycles. The molecular formula is C15H33NO2. The third kappa shape index (κ3) is 9.86. The van der Waals surface area contributed by atoms with Gasteiger partial charge in [0, 0.05) is 32.7 Å². The zero-order valence-electron chi connectivity index (χ0n) is 13.1. The molecule has 0 aliphatic carbocycles. The van der Waals surface area contributed by atoms with Gasteiger partial charge in [-0.15, -0.1) is 0 Å². The van der Waals surface area contributed by atoms with Crippen molar-refractivity contribution in [2.24, 2.45) is 11.8 Å². The summed E-state index contributed by atoms with van der Waals surface area (Å²) in [6.07, 6.45) is 3.00. The number of nitrogens with one attached hydrogen (secondary N) is 1. The fourth-order valence-electron chi connectivity index (χ4n) is 2.18. The summed E-state index contributed by atoms with van der Waals surface area (Å²) in [5.41, 5.74) is -0.678. The van der Waals surface area contributed by atoms with Gasteiger partial charge in [0.2, 0.25) is 0 Å². The number of hydrogen-bond acceptors (Lipinski definition) is 3. The van der Waals surface area contributed by atoms with E-state index in [1.54, 1.807) is 7.11 Å². The number of rotatable bonds is 10. The van der Waals surface area contributed by atoms with Crippen LogP contribution < -0.4 is 5.32 Å². The van der Waals surface area contributed by atoms with Crippen LogP contribution in [0.3, 0.4) is 0 Å². The molecule has 0 bridgehead atoms. The topological polar surface area (TPSA) is 41.5 Å². The number of ether oxygens (including phenoxy) is 1. The van der Waals surface area contributed by atoms with Crippen molar-refractivity contribution in [3.05, 3.63) is 0 Å². The van der Waals surface area contributed by atoms with Crippen molar-refractivity contribution in [1.82, 2.24) is 5.32 Å². The van der Waals surface area contributed by atoms with Crippen molar-refractivity contribution >= 4 is 0 Å². The molecule has 0 aromatic rings. The van der Waals surface area contributed by atoms with Crippen molar-refractivity contribution < 1.29 is 9.84 Å². The fourth-order valence-corrected chi connectivity index (χ4v) is 2.18. The molecule has 18 heavy (non-hydrogen) atoms. The second-order valence-corrected chi connectivity index (χ2v) is 6.58. The van der Waals surface area contributed by atoms with Crippen molar-refractivity contribution in [2.75, 3.05) is 20.3 Å². The molecule has 0 rings (SSSR count). The minimum Gasteiger partial charge on any atom is -0.389 e. The first kappa shape index (κ1) is 17.9. The molecule has 0 aromatic carbocycles. The summed E-state index contributed by atoms with van der Waals surface area (Å²) in [7, 11) is 1.67. The second-order valence-electron chi connectivity index (χ2n) is 6.58. The highest BCUT2D eigenvalue weighted by Gasteiger charge is 2.22. The molecule has 0 spiro atoms.